The monoisotopic (exact) mass is 339 g/mol. The van der Waals surface area contributed by atoms with E-state index in [-0.39, 0.29) is 11.8 Å². The zero-order valence-electron chi connectivity index (χ0n) is 14.6. The first-order valence-electron chi connectivity index (χ1n) is 8.21. The molecule has 2 aromatic rings. The second-order valence-electron chi connectivity index (χ2n) is 6.27. The van der Waals surface area contributed by atoms with Crippen LogP contribution in [0.1, 0.15) is 25.1 Å². The predicted molar refractivity (Wildman–Crippen MR) is 95.4 cm³/mol. The summed E-state index contributed by atoms with van der Waals surface area (Å²) in [6.07, 6.45) is 1.96. The molecule has 0 spiro atoms. The van der Waals surface area contributed by atoms with Crippen LogP contribution in [0.2, 0.25) is 0 Å². The van der Waals surface area contributed by atoms with Gasteiger partial charge in [-0.3, -0.25) is 4.79 Å². The fraction of sp³-hybridized carbons (Fsp3) is 0.316. The van der Waals surface area contributed by atoms with Crippen molar-refractivity contribution in [3.8, 4) is 0 Å². The zero-order chi connectivity index (χ0) is 18.0. The average Bonchev–Trinajstić information content (AvgIpc) is 3.12. The van der Waals surface area contributed by atoms with E-state index in [0.717, 1.165) is 16.9 Å². The molecule has 0 saturated heterocycles. The van der Waals surface area contributed by atoms with Gasteiger partial charge in [0.1, 0.15) is 5.71 Å². The largest absolute Gasteiger partial charge is 0.346 e. The van der Waals surface area contributed by atoms with Crippen LogP contribution in [-0.2, 0) is 21.0 Å². The average molecular weight is 339 g/mol. The molecule has 130 valence electrons. The van der Waals surface area contributed by atoms with Crippen LogP contribution in [-0.4, -0.2) is 28.7 Å². The minimum Gasteiger partial charge on any atom is -0.346 e. The summed E-state index contributed by atoms with van der Waals surface area (Å²) in [5, 5.41) is 4.05. The molecule has 3 rings (SSSR count). The molecular formula is C19H21N3O3. The van der Waals surface area contributed by atoms with E-state index in [1.807, 2.05) is 49.5 Å². The molecular weight excluding hydrogens is 318 g/mol. The molecule has 6 heteroatoms. The van der Waals surface area contributed by atoms with Crippen molar-refractivity contribution in [1.29, 1.82) is 0 Å². The quantitative estimate of drug-likeness (QED) is 0.635. The first-order chi connectivity index (χ1) is 12.0. The lowest BCUT2D eigenvalue weighted by molar-refractivity contribution is -0.141. The number of carbonyl (C=O) groups is 2. The summed E-state index contributed by atoms with van der Waals surface area (Å²) in [7, 11) is 0. The van der Waals surface area contributed by atoms with Gasteiger partial charge >= 0.3 is 5.97 Å². The molecule has 2 heterocycles. The number of anilines is 1. The number of nitrogens with zero attached hydrogens (tertiary/aromatic N) is 3. The fourth-order valence-electron chi connectivity index (χ4n) is 3.08. The van der Waals surface area contributed by atoms with Gasteiger partial charge in [-0.1, -0.05) is 22.9 Å². The molecule has 0 radical (unpaired) electrons. The normalized spacial score (nSPS) is 17.4. The van der Waals surface area contributed by atoms with Gasteiger partial charge < -0.3 is 14.3 Å². The van der Waals surface area contributed by atoms with E-state index < -0.39 is 5.97 Å². The summed E-state index contributed by atoms with van der Waals surface area (Å²) in [5.41, 5.74) is 3.60. The number of hydrogen-bond acceptors (Lipinski definition) is 4. The number of hydrogen-bond donors (Lipinski definition) is 0. The second kappa shape index (κ2) is 6.93. The Balaban J connectivity index is 1.87. The van der Waals surface area contributed by atoms with Gasteiger partial charge in [-0.15, -0.1) is 0 Å². The van der Waals surface area contributed by atoms with E-state index in [4.69, 9.17) is 4.84 Å². The number of carbonyl (C=O) groups excluding carboxylic acids is 2. The smallest absolute Gasteiger partial charge is 0.331 e. The van der Waals surface area contributed by atoms with Crippen molar-refractivity contribution in [2.75, 3.05) is 11.4 Å². The maximum absolute atomic E-state index is 12.2. The molecule has 0 saturated carbocycles. The van der Waals surface area contributed by atoms with Crippen molar-refractivity contribution in [1.82, 2.24) is 4.57 Å². The van der Waals surface area contributed by atoms with Crippen LogP contribution in [0.25, 0.3) is 0 Å². The molecule has 6 nitrogen and oxygen atoms in total. The number of rotatable bonds is 4. The van der Waals surface area contributed by atoms with E-state index in [1.54, 1.807) is 11.8 Å². The highest BCUT2D eigenvalue weighted by Gasteiger charge is 2.32. The van der Waals surface area contributed by atoms with Gasteiger partial charge in [-0.05, 0) is 31.2 Å². The van der Waals surface area contributed by atoms with Crippen LogP contribution in [0, 0.1) is 12.8 Å². The second-order valence-corrected chi connectivity index (χ2v) is 6.27. The molecule has 0 aliphatic carbocycles. The van der Waals surface area contributed by atoms with Gasteiger partial charge in [-0.25, -0.2) is 4.79 Å². The first kappa shape index (κ1) is 17.0. The lowest BCUT2D eigenvalue weighted by atomic mass is 10.0. The van der Waals surface area contributed by atoms with Crippen molar-refractivity contribution >= 4 is 23.3 Å². The lowest BCUT2D eigenvalue weighted by Gasteiger charge is -2.24. The molecule has 1 aromatic heterocycles. The maximum atomic E-state index is 12.2. The predicted octanol–water partition coefficient (Wildman–Crippen LogP) is 2.75. The van der Waals surface area contributed by atoms with E-state index >= 15 is 0 Å². The summed E-state index contributed by atoms with van der Waals surface area (Å²) in [6.45, 7) is 6.05. The van der Waals surface area contributed by atoms with Crippen LogP contribution >= 0.6 is 0 Å². The summed E-state index contributed by atoms with van der Waals surface area (Å²) >= 11 is 0. The standard InChI is InChI=1S/C19H21N3O3/c1-13-6-8-17(9-7-13)22(14(2)23)12-16-11-21-10-4-5-18(21)19(16)20-25-15(3)24/h4-10,16H,11-12H2,1-3H3/b20-19-. The Morgan fingerprint density at radius 2 is 1.96 bits per heavy atom. The van der Waals surface area contributed by atoms with Gasteiger partial charge in [0.05, 0.1) is 5.69 Å². The SMILES string of the molecule is CC(=O)O/N=C1\c2cccn2CC1CN(C(C)=O)c1ccc(C)cc1. The number of fused-ring (bicyclic) bond motifs is 1. The first-order valence-corrected chi connectivity index (χ1v) is 8.21. The topological polar surface area (TPSA) is 63.9 Å². The summed E-state index contributed by atoms with van der Waals surface area (Å²) in [6, 6.07) is 11.7. The molecule has 25 heavy (non-hydrogen) atoms. The van der Waals surface area contributed by atoms with Crippen molar-refractivity contribution in [3.63, 3.8) is 0 Å². The molecule has 0 N–H and O–H groups in total. The van der Waals surface area contributed by atoms with Crippen molar-refractivity contribution in [2.45, 2.75) is 27.3 Å². The van der Waals surface area contributed by atoms with Crippen LogP contribution in [0.3, 0.4) is 0 Å². The van der Waals surface area contributed by atoms with E-state index in [1.165, 1.54) is 6.92 Å². The number of benzene rings is 1. The molecule has 0 bridgehead atoms. The molecule has 0 fully saturated rings. The van der Waals surface area contributed by atoms with E-state index in [0.29, 0.717) is 18.8 Å². The Labute approximate surface area is 146 Å². The Kier molecular flexibility index (Phi) is 4.70. The fourth-order valence-corrected chi connectivity index (χ4v) is 3.08. The lowest BCUT2D eigenvalue weighted by Crippen LogP contribution is -2.36. The molecule has 1 aliphatic rings. The molecule has 1 atom stereocenters. The molecule has 1 unspecified atom stereocenters. The van der Waals surface area contributed by atoms with Crippen molar-refractivity contribution in [2.24, 2.45) is 11.1 Å². The van der Waals surface area contributed by atoms with Crippen LogP contribution < -0.4 is 4.90 Å². The highest BCUT2D eigenvalue weighted by Crippen LogP contribution is 2.26. The van der Waals surface area contributed by atoms with Crippen LogP contribution in [0.5, 0.6) is 0 Å². The van der Waals surface area contributed by atoms with Gasteiger partial charge in [0, 0.05) is 44.7 Å². The van der Waals surface area contributed by atoms with Crippen LogP contribution in [0.4, 0.5) is 5.69 Å². The maximum Gasteiger partial charge on any atom is 0.331 e. The third kappa shape index (κ3) is 3.63. The molecule has 1 aliphatic heterocycles. The summed E-state index contributed by atoms with van der Waals surface area (Å²) in [4.78, 5) is 29.9. The third-order valence-corrected chi connectivity index (χ3v) is 4.30. The number of aryl methyl sites for hydroxylation is 1. The van der Waals surface area contributed by atoms with Gasteiger partial charge in [0.15, 0.2) is 0 Å². The highest BCUT2D eigenvalue weighted by atomic mass is 16.7. The minimum atomic E-state index is -0.460. The van der Waals surface area contributed by atoms with Crippen molar-refractivity contribution < 1.29 is 14.4 Å². The van der Waals surface area contributed by atoms with Gasteiger partial charge in [-0.2, -0.15) is 0 Å². The minimum absolute atomic E-state index is 0.0349. The Morgan fingerprint density at radius 1 is 1.24 bits per heavy atom. The summed E-state index contributed by atoms with van der Waals surface area (Å²) in [5.74, 6) is -0.536. The Morgan fingerprint density at radius 3 is 2.60 bits per heavy atom. The molecule has 1 amide bonds. The van der Waals surface area contributed by atoms with Crippen LogP contribution in [0.15, 0.2) is 47.8 Å². The number of oxime groups is 1. The Bertz CT molecular complexity index is 821. The van der Waals surface area contributed by atoms with Gasteiger partial charge in [0.2, 0.25) is 5.91 Å². The number of aromatic nitrogens is 1. The number of amides is 1. The third-order valence-electron chi connectivity index (χ3n) is 4.30. The zero-order valence-corrected chi connectivity index (χ0v) is 14.6. The molecule has 1 aromatic carbocycles. The van der Waals surface area contributed by atoms with Crippen molar-refractivity contribution in [3.05, 3.63) is 53.9 Å². The Hall–Kier alpha value is -2.89. The van der Waals surface area contributed by atoms with E-state index in [9.17, 15) is 9.59 Å². The van der Waals surface area contributed by atoms with E-state index in [2.05, 4.69) is 9.72 Å². The summed E-state index contributed by atoms with van der Waals surface area (Å²) < 4.78 is 2.06. The van der Waals surface area contributed by atoms with Gasteiger partial charge in [0.25, 0.3) is 0 Å². The highest BCUT2D eigenvalue weighted by molar-refractivity contribution is 6.04.